The quantitative estimate of drug-likeness (QED) is 0.786. The van der Waals surface area contributed by atoms with Crippen LogP contribution in [-0.2, 0) is 0 Å². The lowest BCUT2D eigenvalue weighted by Crippen LogP contribution is -2.21. The average Bonchev–Trinajstić information content (AvgIpc) is 2.49. The van der Waals surface area contributed by atoms with Gasteiger partial charge in [-0.25, -0.2) is 0 Å². The maximum Gasteiger partial charge on any atom is 0.255 e. The van der Waals surface area contributed by atoms with E-state index in [1.807, 2.05) is 19.1 Å². The predicted molar refractivity (Wildman–Crippen MR) is 91.7 cm³/mol. The zero-order chi connectivity index (χ0) is 15.4. The number of anilines is 1. The average molecular weight is 394 g/mol. The molecule has 4 nitrogen and oxygen atoms in total. The van der Waals surface area contributed by atoms with Crippen LogP contribution in [0.2, 0.25) is 0 Å². The lowest BCUT2D eigenvalue weighted by molar-refractivity contribution is 0.0964. The first-order valence-corrected chi connectivity index (χ1v) is 7.49. The van der Waals surface area contributed by atoms with Gasteiger partial charge in [-0.3, -0.25) is 9.59 Å². The van der Waals surface area contributed by atoms with Crippen LogP contribution in [-0.4, -0.2) is 18.9 Å². The molecule has 2 rings (SSSR count). The second kappa shape index (κ2) is 6.71. The Kier molecular flexibility index (Phi) is 4.95. The van der Waals surface area contributed by atoms with E-state index in [9.17, 15) is 9.59 Å². The fraction of sp³-hybridized carbons (Fsp3) is 0.125. The van der Waals surface area contributed by atoms with Crippen molar-refractivity contribution in [3.63, 3.8) is 0 Å². The molecule has 21 heavy (non-hydrogen) atoms. The second-order valence-electron chi connectivity index (χ2n) is 4.54. The Hall–Kier alpha value is -1.89. The highest BCUT2D eigenvalue weighted by Gasteiger charge is 2.13. The molecule has 0 unspecified atom stereocenters. The number of nitrogens with one attached hydrogen (secondary N) is 2. The van der Waals surface area contributed by atoms with Gasteiger partial charge in [0.05, 0.1) is 11.3 Å². The van der Waals surface area contributed by atoms with Crippen molar-refractivity contribution in [2.45, 2.75) is 6.92 Å². The number of halogens is 1. The summed E-state index contributed by atoms with van der Waals surface area (Å²) in [7, 11) is 1.56. The van der Waals surface area contributed by atoms with E-state index in [4.69, 9.17) is 0 Å². The Morgan fingerprint density at radius 2 is 1.76 bits per heavy atom. The summed E-state index contributed by atoms with van der Waals surface area (Å²) < 4.78 is 1.03. The van der Waals surface area contributed by atoms with Gasteiger partial charge >= 0.3 is 0 Å². The Morgan fingerprint density at radius 1 is 1.05 bits per heavy atom. The molecule has 2 aromatic rings. The van der Waals surface area contributed by atoms with Crippen LogP contribution in [0.4, 0.5) is 5.69 Å². The van der Waals surface area contributed by atoms with Crippen LogP contribution >= 0.6 is 22.6 Å². The largest absolute Gasteiger partial charge is 0.355 e. The third kappa shape index (κ3) is 3.60. The van der Waals surface area contributed by atoms with E-state index in [0.29, 0.717) is 16.8 Å². The van der Waals surface area contributed by atoms with Crippen molar-refractivity contribution < 1.29 is 9.59 Å². The maximum absolute atomic E-state index is 12.3. The number of benzene rings is 2. The fourth-order valence-electron chi connectivity index (χ4n) is 1.85. The van der Waals surface area contributed by atoms with E-state index in [2.05, 4.69) is 33.2 Å². The predicted octanol–water partition coefficient (Wildman–Crippen LogP) is 3.21. The van der Waals surface area contributed by atoms with E-state index in [1.165, 1.54) is 0 Å². The minimum absolute atomic E-state index is 0.232. The summed E-state index contributed by atoms with van der Waals surface area (Å²) in [6, 6.07) is 12.4. The number of amides is 2. The molecular weight excluding hydrogens is 379 g/mol. The van der Waals surface area contributed by atoms with Crippen molar-refractivity contribution in [3.05, 3.63) is 62.7 Å². The van der Waals surface area contributed by atoms with Crippen LogP contribution in [0, 0.1) is 10.5 Å². The summed E-state index contributed by atoms with van der Waals surface area (Å²) in [6.45, 7) is 1.99. The highest BCUT2D eigenvalue weighted by Crippen LogP contribution is 2.18. The van der Waals surface area contributed by atoms with Crippen LogP contribution in [0.1, 0.15) is 26.3 Å². The molecule has 0 saturated heterocycles. The molecule has 0 fully saturated rings. The maximum atomic E-state index is 12.3. The summed E-state index contributed by atoms with van der Waals surface area (Å²) in [6.07, 6.45) is 0. The molecule has 0 bridgehead atoms. The normalized spacial score (nSPS) is 10.0. The summed E-state index contributed by atoms with van der Waals surface area (Å²) in [5.41, 5.74) is 2.63. The molecular formula is C16H15IN2O2. The number of carbonyl (C=O) groups is 2. The number of hydrogen-bond donors (Lipinski definition) is 2. The minimum Gasteiger partial charge on any atom is -0.355 e. The van der Waals surface area contributed by atoms with Crippen LogP contribution in [0.5, 0.6) is 0 Å². The van der Waals surface area contributed by atoms with E-state index < -0.39 is 0 Å². The second-order valence-corrected chi connectivity index (χ2v) is 5.70. The zero-order valence-corrected chi connectivity index (χ0v) is 13.9. The van der Waals surface area contributed by atoms with Crippen LogP contribution in [0.3, 0.4) is 0 Å². The minimum atomic E-state index is -0.232. The Labute approximate surface area is 137 Å². The van der Waals surface area contributed by atoms with Gasteiger partial charge in [0.25, 0.3) is 11.8 Å². The topological polar surface area (TPSA) is 58.2 Å². The van der Waals surface area contributed by atoms with Gasteiger partial charge in [-0.05, 0) is 59.3 Å². The summed E-state index contributed by atoms with van der Waals surface area (Å²) in [4.78, 5) is 24.1. The van der Waals surface area contributed by atoms with Gasteiger partial charge in [0.1, 0.15) is 0 Å². The summed E-state index contributed by atoms with van der Waals surface area (Å²) in [5.74, 6) is -0.464. The fourth-order valence-corrected chi connectivity index (χ4v) is 2.37. The molecule has 0 aromatic heterocycles. The summed E-state index contributed by atoms with van der Waals surface area (Å²) in [5, 5.41) is 5.35. The third-order valence-corrected chi connectivity index (χ3v) is 4.24. The van der Waals surface area contributed by atoms with Gasteiger partial charge in [-0.1, -0.05) is 18.2 Å². The molecule has 0 spiro atoms. The third-order valence-electron chi connectivity index (χ3n) is 3.08. The van der Waals surface area contributed by atoms with Crippen molar-refractivity contribution >= 4 is 40.1 Å². The Morgan fingerprint density at radius 3 is 2.43 bits per heavy atom. The lowest BCUT2D eigenvalue weighted by Gasteiger charge is -2.10. The van der Waals surface area contributed by atoms with Crippen LogP contribution in [0.15, 0.2) is 42.5 Å². The molecule has 0 aliphatic carbocycles. The number of rotatable bonds is 3. The summed E-state index contributed by atoms with van der Waals surface area (Å²) >= 11 is 2.19. The van der Waals surface area contributed by atoms with Gasteiger partial charge in [-0.15, -0.1) is 0 Å². The van der Waals surface area contributed by atoms with E-state index >= 15 is 0 Å². The van der Waals surface area contributed by atoms with Gasteiger partial charge in [0, 0.05) is 16.2 Å². The van der Waals surface area contributed by atoms with Crippen molar-refractivity contribution in [1.82, 2.24) is 5.32 Å². The highest BCUT2D eigenvalue weighted by atomic mass is 127. The molecule has 0 atom stereocenters. The van der Waals surface area contributed by atoms with E-state index in [-0.39, 0.29) is 11.8 Å². The first-order chi connectivity index (χ1) is 10.0. The van der Waals surface area contributed by atoms with Crippen molar-refractivity contribution in [3.8, 4) is 0 Å². The van der Waals surface area contributed by atoms with Crippen molar-refractivity contribution in [1.29, 1.82) is 0 Å². The van der Waals surface area contributed by atoms with E-state index in [1.54, 1.807) is 37.4 Å². The molecule has 2 N–H and O–H groups in total. The molecule has 0 heterocycles. The molecule has 0 radical (unpaired) electrons. The Balaban J connectivity index is 2.27. The number of carbonyl (C=O) groups excluding carboxylic acids is 2. The monoisotopic (exact) mass is 394 g/mol. The van der Waals surface area contributed by atoms with Crippen LogP contribution < -0.4 is 10.6 Å². The lowest BCUT2D eigenvalue weighted by atomic mass is 10.1. The standard InChI is InChI=1S/C16H15IN2O2/c1-10-7-8-11(9-13(10)17)15(20)19-14-6-4-3-5-12(14)16(21)18-2/h3-9H,1-2H3,(H,18,21)(H,19,20). The molecule has 0 aliphatic rings. The molecule has 0 saturated carbocycles. The zero-order valence-electron chi connectivity index (χ0n) is 11.7. The SMILES string of the molecule is CNC(=O)c1ccccc1NC(=O)c1ccc(C)c(I)c1. The number of para-hydroxylation sites is 1. The molecule has 2 aromatic carbocycles. The molecule has 108 valence electrons. The smallest absolute Gasteiger partial charge is 0.255 e. The molecule has 5 heteroatoms. The van der Waals surface area contributed by atoms with Gasteiger partial charge in [0.15, 0.2) is 0 Å². The number of hydrogen-bond acceptors (Lipinski definition) is 2. The van der Waals surface area contributed by atoms with Gasteiger partial charge < -0.3 is 10.6 Å². The van der Waals surface area contributed by atoms with Gasteiger partial charge in [-0.2, -0.15) is 0 Å². The van der Waals surface area contributed by atoms with E-state index in [0.717, 1.165) is 9.13 Å². The number of aryl methyl sites for hydroxylation is 1. The van der Waals surface area contributed by atoms with Crippen molar-refractivity contribution in [2.75, 3.05) is 12.4 Å². The Bertz CT molecular complexity index is 698. The van der Waals surface area contributed by atoms with Crippen LogP contribution in [0.25, 0.3) is 0 Å². The molecule has 0 aliphatic heterocycles. The molecule has 2 amide bonds. The van der Waals surface area contributed by atoms with Gasteiger partial charge in [0.2, 0.25) is 0 Å². The first-order valence-electron chi connectivity index (χ1n) is 6.41. The van der Waals surface area contributed by atoms with Crippen molar-refractivity contribution in [2.24, 2.45) is 0 Å². The first kappa shape index (κ1) is 15.5. The highest BCUT2D eigenvalue weighted by molar-refractivity contribution is 14.1.